The van der Waals surface area contributed by atoms with Crippen molar-refractivity contribution in [3.05, 3.63) is 68.8 Å². The van der Waals surface area contributed by atoms with Crippen LogP contribution in [0.25, 0.3) is 20.8 Å². The molecule has 4 aromatic rings. The standard InChI is InChI=1S/C19H16N4O2S2/c1-12-21-17-18(27-12)16(14-8-5-9-26-14)22-23(19(17)25)11-15(24)20-10-13-6-3-2-4-7-13/h2-9H,10-11H2,1H3,(H,20,24). The molecule has 27 heavy (non-hydrogen) atoms. The van der Waals surface area contributed by atoms with E-state index in [9.17, 15) is 9.59 Å². The zero-order chi connectivity index (χ0) is 18.8. The van der Waals surface area contributed by atoms with Gasteiger partial charge in [-0.3, -0.25) is 9.59 Å². The van der Waals surface area contributed by atoms with Crippen LogP contribution in [-0.4, -0.2) is 20.7 Å². The number of hydrogen-bond donors (Lipinski definition) is 1. The van der Waals surface area contributed by atoms with Crippen LogP contribution >= 0.6 is 22.7 Å². The lowest BCUT2D eigenvalue weighted by atomic mass is 10.2. The van der Waals surface area contributed by atoms with Crippen molar-refractivity contribution >= 4 is 38.8 Å². The lowest BCUT2D eigenvalue weighted by Gasteiger charge is -2.08. The van der Waals surface area contributed by atoms with E-state index in [1.54, 1.807) is 11.3 Å². The average Bonchev–Trinajstić information content (AvgIpc) is 3.33. The van der Waals surface area contributed by atoms with Crippen molar-refractivity contribution in [2.24, 2.45) is 0 Å². The van der Waals surface area contributed by atoms with Gasteiger partial charge in [-0.1, -0.05) is 36.4 Å². The number of amides is 1. The normalized spacial score (nSPS) is 11.0. The molecule has 0 saturated carbocycles. The maximum atomic E-state index is 12.7. The van der Waals surface area contributed by atoms with E-state index in [2.05, 4.69) is 15.4 Å². The third-order valence-electron chi connectivity index (χ3n) is 3.99. The molecule has 3 aromatic heterocycles. The zero-order valence-electron chi connectivity index (χ0n) is 14.5. The van der Waals surface area contributed by atoms with E-state index in [4.69, 9.17) is 0 Å². The molecule has 3 heterocycles. The van der Waals surface area contributed by atoms with Crippen LogP contribution in [0.5, 0.6) is 0 Å². The first-order valence-electron chi connectivity index (χ1n) is 8.34. The summed E-state index contributed by atoms with van der Waals surface area (Å²) in [6.45, 7) is 2.13. The van der Waals surface area contributed by atoms with Gasteiger partial charge in [0.25, 0.3) is 5.56 Å². The van der Waals surface area contributed by atoms with Crippen LogP contribution in [0, 0.1) is 6.92 Å². The van der Waals surface area contributed by atoms with Gasteiger partial charge in [0.1, 0.15) is 12.2 Å². The molecule has 1 aromatic carbocycles. The molecule has 0 bridgehead atoms. The van der Waals surface area contributed by atoms with Crippen molar-refractivity contribution in [1.82, 2.24) is 20.1 Å². The first-order chi connectivity index (χ1) is 13.1. The van der Waals surface area contributed by atoms with Crippen molar-refractivity contribution < 1.29 is 4.79 Å². The van der Waals surface area contributed by atoms with Gasteiger partial charge in [-0.2, -0.15) is 5.10 Å². The van der Waals surface area contributed by atoms with Gasteiger partial charge in [-0.25, -0.2) is 9.67 Å². The third kappa shape index (κ3) is 3.67. The highest BCUT2D eigenvalue weighted by Gasteiger charge is 2.18. The lowest BCUT2D eigenvalue weighted by molar-refractivity contribution is -0.122. The van der Waals surface area contributed by atoms with E-state index in [0.29, 0.717) is 17.8 Å². The molecule has 4 rings (SSSR count). The van der Waals surface area contributed by atoms with E-state index in [0.717, 1.165) is 20.1 Å². The summed E-state index contributed by atoms with van der Waals surface area (Å²) >= 11 is 2.99. The molecule has 0 aliphatic heterocycles. The first-order valence-corrected chi connectivity index (χ1v) is 10.0. The van der Waals surface area contributed by atoms with Gasteiger partial charge >= 0.3 is 0 Å². The first kappa shape index (κ1) is 17.6. The molecule has 136 valence electrons. The molecule has 6 nitrogen and oxygen atoms in total. The second-order valence-corrected chi connectivity index (χ2v) is 8.11. The van der Waals surface area contributed by atoms with Gasteiger partial charge in [-0.05, 0) is 23.9 Å². The second kappa shape index (κ2) is 7.42. The third-order valence-corrected chi connectivity index (χ3v) is 5.84. The Kier molecular flexibility index (Phi) is 4.83. The Balaban J connectivity index is 1.64. The zero-order valence-corrected chi connectivity index (χ0v) is 16.1. The molecule has 0 aliphatic carbocycles. The van der Waals surface area contributed by atoms with E-state index < -0.39 is 0 Å². The van der Waals surface area contributed by atoms with Crippen molar-refractivity contribution in [1.29, 1.82) is 0 Å². The number of aromatic nitrogens is 3. The van der Waals surface area contributed by atoms with Crippen LogP contribution in [-0.2, 0) is 17.9 Å². The monoisotopic (exact) mass is 396 g/mol. The van der Waals surface area contributed by atoms with Gasteiger partial charge in [0.2, 0.25) is 5.91 Å². The predicted octanol–water partition coefficient (Wildman–Crippen LogP) is 3.21. The summed E-state index contributed by atoms with van der Waals surface area (Å²) in [6, 6.07) is 13.5. The van der Waals surface area contributed by atoms with Crippen LogP contribution in [0.3, 0.4) is 0 Å². The number of rotatable bonds is 5. The fraction of sp³-hybridized carbons (Fsp3) is 0.158. The highest BCUT2D eigenvalue weighted by Crippen LogP contribution is 2.31. The fourth-order valence-electron chi connectivity index (χ4n) is 2.74. The minimum atomic E-state index is -0.343. The molecular formula is C19H16N4O2S2. The molecule has 0 unspecified atom stereocenters. The summed E-state index contributed by atoms with van der Waals surface area (Å²) < 4.78 is 1.97. The smallest absolute Gasteiger partial charge is 0.294 e. The predicted molar refractivity (Wildman–Crippen MR) is 108 cm³/mol. The summed E-state index contributed by atoms with van der Waals surface area (Å²) in [5, 5.41) is 10.1. The summed E-state index contributed by atoms with van der Waals surface area (Å²) in [5.41, 5.74) is 1.72. The summed E-state index contributed by atoms with van der Waals surface area (Å²) in [5.74, 6) is -0.267. The Morgan fingerprint density at radius 2 is 2.00 bits per heavy atom. The number of aryl methyl sites for hydroxylation is 1. The van der Waals surface area contributed by atoms with Crippen molar-refractivity contribution in [2.45, 2.75) is 20.0 Å². The minimum absolute atomic E-state index is 0.142. The number of carbonyl (C=O) groups is 1. The topological polar surface area (TPSA) is 76.9 Å². The molecule has 0 spiro atoms. The van der Waals surface area contributed by atoms with Crippen molar-refractivity contribution in [3.8, 4) is 10.6 Å². The highest BCUT2D eigenvalue weighted by atomic mass is 32.1. The van der Waals surface area contributed by atoms with E-state index in [1.165, 1.54) is 16.0 Å². The number of fused-ring (bicyclic) bond motifs is 1. The minimum Gasteiger partial charge on any atom is -0.350 e. The Morgan fingerprint density at radius 3 is 2.74 bits per heavy atom. The van der Waals surface area contributed by atoms with Crippen LogP contribution < -0.4 is 10.9 Å². The van der Waals surface area contributed by atoms with Gasteiger partial charge in [0.15, 0.2) is 5.52 Å². The van der Waals surface area contributed by atoms with Crippen LogP contribution in [0.1, 0.15) is 10.6 Å². The number of benzene rings is 1. The quantitative estimate of drug-likeness (QED) is 0.562. The molecule has 1 amide bonds. The number of nitrogens with one attached hydrogen (secondary N) is 1. The number of hydrogen-bond acceptors (Lipinski definition) is 6. The molecule has 0 saturated heterocycles. The van der Waals surface area contributed by atoms with Crippen molar-refractivity contribution in [2.75, 3.05) is 0 Å². The Hall–Kier alpha value is -2.84. The number of thiophene rings is 1. The van der Waals surface area contributed by atoms with E-state index in [-0.39, 0.29) is 18.0 Å². The molecule has 8 heteroatoms. The lowest BCUT2D eigenvalue weighted by Crippen LogP contribution is -2.33. The summed E-state index contributed by atoms with van der Waals surface area (Å²) in [6.07, 6.45) is 0. The van der Waals surface area contributed by atoms with Crippen LogP contribution in [0.15, 0.2) is 52.6 Å². The molecule has 0 atom stereocenters. The maximum Gasteiger partial charge on any atom is 0.294 e. The second-order valence-electron chi connectivity index (χ2n) is 5.96. The van der Waals surface area contributed by atoms with Gasteiger partial charge < -0.3 is 5.32 Å². The fourth-order valence-corrected chi connectivity index (χ4v) is 4.43. The van der Waals surface area contributed by atoms with Gasteiger partial charge in [-0.15, -0.1) is 22.7 Å². The molecular weight excluding hydrogens is 380 g/mol. The molecule has 0 fully saturated rings. The molecule has 0 aliphatic rings. The number of thiazole rings is 1. The van der Waals surface area contributed by atoms with Crippen molar-refractivity contribution in [3.63, 3.8) is 0 Å². The van der Waals surface area contributed by atoms with E-state index in [1.807, 2.05) is 54.8 Å². The van der Waals surface area contributed by atoms with E-state index >= 15 is 0 Å². The largest absolute Gasteiger partial charge is 0.350 e. The molecule has 0 radical (unpaired) electrons. The highest BCUT2D eigenvalue weighted by molar-refractivity contribution is 7.20. The number of nitrogens with zero attached hydrogens (tertiary/aromatic N) is 3. The SMILES string of the molecule is Cc1nc2c(=O)n(CC(=O)NCc3ccccc3)nc(-c3cccs3)c2s1. The summed E-state index contributed by atoms with van der Waals surface area (Å²) in [7, 11) is 0. The Labute approximate surface area is 163 Å². The van der Waals surface area contributed by atoms with Gasteiger partial charge in [0, 0.05) is 6.54 Å². The van der Waals surface area contributed by atoms with Crippen LogP contribution in [0.4, 0.5) is 0 Å². The summed E-state index contributed by atoms with van der Waals surface area (Å²) in [4.78, 5) is 30.4. The van der Waals surface area contributed by atoms with Crippen LogP contribution in [0.2, 0.25) is 0 Å². The Morgan fingerprint density at radius 1 is 1.19 bits per heavy atom. The Bertz CT molecular complexity index is 1150. The maximum absolute atomic E-state index is 12.7. The van der Waals surface area contributed by atoms with Gasteiger partial charge in [0.05, 0.1) is 14.6 Å². The average molecular weight is 396 g/mol. The number of carbonyl (C=O) groups excluding carboxylic acids is 1. The molecule has 1 N–H and O–H groups in total.